The van der Waals surface area contributed by atoms with E-state index < -0.39 is 0 Å². The van der Waals surface area contributed by atoms with Crippen LogP contribution in [0.5, 0.6) is 5.75 Å². The zero-order chi connectivity index (χ0) is 19.4. The monoisotopic (exact) mass is 371 g/mol. The molecule has 5 unspecified atom stereocenters. The van der Waals surface area contributed by atoms with Crippen molar-refractivity contribution in [1.82, 2.24) is 4.90 Å². The van der Waals surface area contributed by atoms with E-state index in [-0.39, 0.29) is 35.0 Å². The summed E-state index contributed by atoms with van der Waals surface area (Å²) in [5.74, 6) is 1.53. The van der Waals surface area contributed by atoms with E-state index in [9.17, 15) is 4.79 Å². The van der Waals surface area contributed by atoms with E-state index in [0.717, 1.165) is 25.1 Å². The fraction of sp³-hybridized carbons (Fsp3) is 0.696. The molecular weight excluding hydrogens is 338 g/mol. The number of likely N-dealkylation sites (tertiary alicyclic amines) is 1. The van der Waals surface area contributed by atoms with E-state index in [1.807, 2.05) is 12.1 Å². The van der Waals surface area contributed by atoms with E-state index in [4.69, 9.17) is 9.47 Å². The Bertz CT molecular complexity index is 713. The number of fused-ring (bicyclic) bond motifs is 2. The summed E-state index contributed by atoms with van der Waals surface area (Å²) in [5.41, 5.74) is 1.61. The van der Waals surface area contributed by atoms with Crippen LogP contribution in [0.3, 0.4) is 0 Å². The van der Waals surface area contributed by atoms with Gasteiger partial charge in [0.15, 0.2) is 0 Å². The number of hydrogen-bond acceptors (Lipinski definition) is 4. The first-order chi connectivity index (χ1) is 12.8. The molecule has 1 saturated heterocycles. The number of benzene rings is 1. The summed E-state index contributed by atoms with van der Waals surface area (Å²) >= 11 is 0. The molecule has 27 heavy (non-hydrogen) atoms. The van der Waals surface area contributed by atoms with Crippen molar-refractivity contribution < 1.29 is 14.3 Å². The second kappa shape index (κ2) is 6.51. The highest BCUT2D eigenvalue weighted by molar-refractivity contribution is 5.77. The van der Waals surface area contributed by atoms with Gasteiger partial charge in [-0.25, -0.2) is 0 Å². The first kappa shape index (κ1) is 18.8. The Kier molecular flexibility index (Phi) is 4.53. The standard InChI is InChI=1S/C23H33NO3/c1-15(16-6-8-18(26-5)9-7-16)24-13-11-19(24)21(25)27-20-14-17-10-12-23(20,4)22(17,2)3/h6-9,15,17,19-20H,10-14H2,1-5H3. The van der Waals surface area contributed by atoms with Crippen LogP contribution >= 0.6 is 0 Å². The average molecular weight is 372 g/mol. The van der Waals surface area contributed by atoms with Crippen LogP contribution in [0.25, 0.3) is 0 Å². The summed E-state index contributed by atoms with van der Waals surface area (Å²) in [4.78, 5) is 15.2. The van der Waals surface area contributed by atoms with E-state index >= 15 is 0 Å². The van der Waals surface area contributed by atoms with Crippen molar-refractivity contribution in [1.29, 1.82) is 0 Å². The molecule has 1 heterocycles. The molecule has 3 fully saturated rings. The molecule has 148 valence electrons. The van der Waals surface area contributed by atoms with E-state index in [2.05, 4.69) is 44.7 Å². The van der Waals surface area contributed by atoms with E-state index in [0.29, 0.717) is 5.92 Å². The number of hydrogen-bond donors (Lipinski definition) is 0. The van der Waals surface area contributed by atoms with Crippen molar-refractivity contribution in [2.75, 3.05) is 13.7 Å². The van der Waals surface area contributed by atoms with E-state index in [1.165, 1.54) is 18.4 Å². The Balaban J connectivity index is 1.41. The lowest BCUT2D eigenvalue weighted by atomic mass is 9.70. The third-order valence-corrected chi connectivity index (χ3v) is 8.40. The summed E-state index contributed by atoms with van der Waals surface area (Å²) in [6.45, 7) is 10.2. The Morgan fingerprint density at radius 3 is 2.37 bits per heavy atom. The van der Waals surface area contributed by atoms with Gasteiger partial charge >= 0.3 is 5.97 Å². The topological polar surface area (TPSA) is 38.8 Å². The summed E-state index contributed by atoms with van der Waals surface area (Å²) in [6.07, 6.45) is 4.48. The number of carbonyl (C=O) groups excluding carboxylic acids is 1. The van der Waals surface area contributed by atoms with Crippen LogP contribution in [-0.4, -0.2) is 36.7 Å². The fourth-order valence-electron chi connectivity index (χ4n) is 5.73. The van der Waals surface area contributed by atoms with Gasteiger partial charge in [0.1, 0.15) is 17.9 Å². The lowest BCUT2D eigenvalue weighted by Crippen LogP contribution is -2.55. The van der Waals surface area contributed by atoms with Crippen LogP contribution < -0.4 is 4.74 Å². The fourth-order valence-corrected chi connectivity index (χ4v) is 5.73. The predicted molar refractivity (Wildman–Crippen MR) is 106 cm³/mol. The predicted octanol–water partition coefficient (Wildman–Crippen LogP) is 4.59. The maximum absolute atomic E-state index is 13.0. The molecule has 0 aromatic heterocycles. The number of nitrogens with zero attached hydrogens (tertiary/aromatic N) is 1. The van der Waals surface area contributed by atoms with Crippen molar-refractivity contribution in [2.24, 2.45) is 16.7 Å². The maximum Gasteiger partial charge on any atom is 0.323 e. The van der Waals surface area contributed by atoms with Crippen molar-refractivity contribution in [3.8, 4) is 5.75 Å². The molecule has 2 bridgehead atoms. The minimum Gasteiger partial charge on any atom is -0.497 e. The largest absolute Gasteiger partial charge is 0.497 e. The zero-order valence-corrected chi connectivity index (χ0v) is 17.3. The normalized spacial score (nSPS) is 35.5. The zero-order valence-electron chi connectivity index (χ0n) is 17.3. The van der Waals surface area contributed by atoms with Gasteiger partial charge in [0, 0.05) is 18.0 Å². The van der Waals surface area contributed by atoms with Crippen LogP contribution in [0, 0.1) is 16.7 Å². The molecule has 4 heteroatoms. The van der Waals surface area contributed by atoms with Crippen molar-refractivity contribution in [3.05, 3.63) is 29.8 Å². The Labute approximate surface area is 163 Å². The lowest BCUT2D eigenvalue weighted by Gasteiger charge is -2.45. The SMILES string of the molecule is COc1ccc(C(C)N2CCC2C(=O)OC2CC3CCC2(C)C3(C)C)cc1. The second-order valence-corrected chi connectivity index (χ2v) is 9.53. The number of methoxy groups -OCH3 is 1. The van der Waals surface area contributed by atoms with Gasteiger partial charge in [-0.05, 0) is 61.6 Å². The third kappa shape index (κ3) is 2.79. The molecule has 3 aliphatic rings. The third-order valence-electron chi connectivity index (χ3n) is 8.40. The van der Waals surface area contributed by atoms with Gasteiger partial charge in [-0.1, -0.05) is 32.9 Å². The molecule has 1 aliphatic heterocycles. The van der Waals surface area contributed by atoms with Crippen LogP contribution in [0.4, 0.5) is 0 Å². The van der Waals surface area contributed by atoms with Crippen LogP contribution in [-0.2, 0) is 9.53 Å². The number of rotatable bonds is 5. The van der Waals surface area contributed by atoms with E-state index in [1.54, 1.807) is 7.11 Å². The highest BCUT2D eigenvalue weighted by Gasteiger charge is 2.63. The molecule has 5 atom stereocenters. The molecule has 0 N–H and O–H groups in total. The van der Waals surface area contributed by atoms with Gasteiger partial charge in [-0.2, -0.15) is 0 Å². The summed E-state index contributed by atoms with van der Waals surface area (Å²) in [5, 5.41) is 0. The molecule has 1 aromatic rings. The summed E-state index contributed by atoms with van der Waals surface area (Å²) in [7, 11) is 1.68. The highest BCUT2D eigenvalue weighted by atomic mass is 16.5. The van der Waals surface area contributed by atoms with Crippen LogP contribution in [0.15, 0.2) is 24.3 Å². The minimum absolute atomic E-state index is 0.0174. The Morgan fingerprint density at radius 1 is 1.19 bits per heavy atom. The summed E-state index contributed by atoms with van der Waals surface area (Å²) < 4.78 is 11.4. The summed E-state index contributed by atoms with van der Waals surface area (Å²) in [6, 6.07) is 8.24. The van der Waals surface area contributed by atoms with Gasteiger partial charge in [-0.15, -0.1) is 0 Å². The minimum atomic E-state index is -0.104. The first-order valence-electron chi connectivity index (χ1n) is 10.4. The van der Waals surface area contributed by atoms with Gasteiger partial charge in [-0.3, -0.25) is 9.69 Å². The average Bonchev–Trinajstić information content (AvgIpc) is 2.94. The second-order valence-electron chi connectivity index (χ2n) is 9.53. The Hall–Kier alpha value is -1.55. The number of esters is 1. The smallest absolute Gasteiger partial charge is 0.323 e. The maximum atomic E-state index is 13.0. The quantitative estimate of drug-likeness (QED) is 0.710. The van der Waals surface area contributed by atoms with Crippen LogP contribution in [0.1, 0.15) is 65.0 Å². The van der Waals surface area contributed by atoms with Crippen molar-refractivity contribution >= 4 is 5.97 Å². The molecule has 2 saturated carbocycles. The first-order valence-corrected chi connectivity index (χ1v) is 10.4. The lowest BCUT2D eigenvalue weighted by molar-refractivity contribution is -0.170. The molecule has 0 amide bonds. The van der Waals surface area contributed by atoms with Gasteiger partial charge in [0.25, 0.3) is 0 Å². The van der Waals surface area contributed by atoms with Crippen molar-refractivity contribution in [3.63, 3.8) is 0 Å². The number of ether oxygens (including phenoxy) is 2. The molecule has 2 aliphatic carbocycles. The molecule has 0 spiro atoms. The molecule has 4 nitrogen and oxygen atoms in total. The molecular formula is C23H33NO3. The molecule has 4 rings (SSSR count). The van der Waals surface area contributed by atoms with Gasteiger partial charge in [0.2, 0.25) is 0 Å². The molecule has 1 aromatic carbocycles. The van der Waals surface area contributed by atoms with Crippen molar-refractivity contribution in [2.45, 2.75) is 71.6 Å². The number of carbonyl (C=O) groups is 1. The molecule has 0 radical (unpaired) electrons. The van der Waals surface area contributed by atoms with Gasteiger partial charge in [0.05, 0.1) is 7.11 Å². The van der Waals surface area contributed by atoms with Gasteiger partial charge < -0.3 is 9.47 Å². The van der Waals surface area contributed by atoms with Crippen LogP contribution in [0.2, 0.25) is 0 Å². The highest BCUT2D eigenvalue weighted by Crippen LogP contribution is 2.66. The Morgan fingerprint density at radius 2 is 1.89 bits per heavy atom.